The third-order valence-corrected chi connectivity index (χ3v) is 3.18. The SMILES string of the molecule is CCCNC(COc1cc(C)ccc1C(C)C)C(N)=O. The standard InChI is InChI=1S/C16H26N2O2/c1-5-8-18-14(16(17)19)10-20-15-9-12(4)6-7-13(15)11(2)3/h6-7,9,11,14,18H,5,8,10H2,1-4H3,(H2,17,19). The topological polar surface area (TPSA) is 64.3 Å². The van der Waals surface area contributed by atoms with Crippen LogP contribution in [-0.2, 0) is 4.79 Å². The summed E-state index contributed by atoms with van der Waals surface area (Å²) in [5.74, 6) is 0.836. The molecule has 3 N–H and O–H groups in total. The fourth-order valence-corrected chi connectivity index (χ4v) is 1.98. The molecule has 0 saturated heterocycles. The number of amides is 1. The maximum atomic E-state index is 11.4. The molecule has 0 aliphatic rings. The zero-order valence-electron chi connectivity index (χ0n) is 12.9. The van der Waals surface area contributed by atoms with Gasteiger partial charge >= 0.3 is 0 Å². The number of primary amides is 1. The highest BCUT2D eigenvalue weighted by atomic mass is 16.5. The van der Waals surface area contributed by atoms with Gasteiger partial charge < -0.3 is 15.8 Å². The van der Waals surface area contributed by atoms with E-state index in [0.29, 0.717) is 5.92 Å². The van der Waals surface area contributed by atoms with Crippen molar-refractivity contribution in [2.45, 2.75) is 46.1 Å². The predicted octanol–water partition coefficient (Wildman–Crippen LogP) is 2.35. The Labute approximate surface area is 121 Å². The van der Waals surface area contributed by atoms with Gasteiger partial charge in [0.25, 0.3) is 0 Å². The smallest absolute Gasteiger partial charge is 0.238 e. The number of benzene rings is 1. The van der Waals surface area contributed by atoms with Gasteiger partial charge in [-0.05, 0) is 43.0 Å². The van der Waals surface area contributed by atoms with Crippen molar-refractivity contribution in [3.63, 3.8) is 0 Å². The molecule has 1 unspecified atom stereocenters. The quantitative estimate of drug-likeness (QED) is 0.767. The molecule has 1 amide bonds. The van der Waals surface area contributed by atoms with Gasteiger partial charge in [-0.25, -0.2) is 0 Å². The molecule has 1 atom stereocenters. The van der Waals surface area contributed by atoms with Crippen molar-refractivity contribution in [1.29, 1.82) is 0 Å². The molecule has 0 heterocycles. The van der Waals surface area contributed by atoms with Crippen LogP contribution in [0.25, 0.3) is 0 Å². The molecule has 0 fully saturated rings. The van der Waals surface area contributed by atoms with Crippen LogP contribution in [0.5, 0.6) is 5.75 Å². The summed E-state index contributed by atoms with van der Waals surface area (Å²) in [6.45, 7) is 9.33. The van der Waals surface area contributed by atoms with Crippen LogP contribution in [0, 0.1) is 6.92 Å². The van der Waals surface area contributed by atoms with E-state index in [9.17, 15) is 4.79 Å². The fourth-order valence-electron chi connectivity index (χ4n) is 1.98. The molecule has 4 nitrogen and oxygen atoms in total. The van der Waals surface area contributed by atoms with Crippen LogP contribution < -0.4 is 15.8 Å². The molecule has 1 rings (SSSR count). The molecule has 0 spiro atoms. The second kappa shape index (κ2) is 7.90. The van der Waals surface area contributed by atoms with Crippen molar-refractivity contribution < 1.29 is 9.53 Å². The first kappa shape index (κ1) is 16.5. The highest BCUT2D eigenvalue weighted by Crippen LogP contribution is 2.27. The lowest BCUT2D eigenvalue weighted by atomic mass is 10.0. The number of hydrogen-bond donors (Lipinski definition) is 2. The van der Waals surface area contributed by atoms with Crippen molar-refractivity contribution in [2.24, 2.45) is 5.73 Å². The van der Waals surface area contributed by atoms with Crippen molar-refractivity contribution >= 4 is 5.91 Å². The number of carbonyl (C=O) groups is 1. The molecule has 20 heavy (non-hydrogen) atoms. The number of nitrogens with one attached hydrogen (secondary N) is 1. The van der Waals surface area contributed by atoms with Crippen LogP contribution in [0.4, 0.5) is 0 Å². The van der Waals surface area contributed by atoms with E-state index >= 15 is 0 Å². The van der Waals surface area contributed by atoms with Crippen LogP contribution in [0.1, 0.15) is 44.2 Å². The highest BCUT2D eigenvalue weighted by molar-refractivity contribution is 5.80. The number of rotatable bonds is 8. The molecule has 1 aromatic rings. The summed E-state index contributed by atoms with van der Waals surface area (Å²) >= 11 is 0. The van der Waals surface area contributed by atoms with Crippen LogP contribution in [0.3, 0.4) is 0 Å². The van der Waals surface area contributed by atoms with Gasteiger partial charge in [0.15, 0.2) is 0 Å². The lowest BCUT2D eigenvalue weighted by Crippen LogP contribution is -2.45. The Kier molecular flexibility index (Phi) is 6.52. The average Bonchev–Trinajstić information content (AvgIpc) is 2.38. The summed E-state index contributed by atoms with van der Waals surface area (Å²) in [4.78, 5) is 11.4. The maximum absolute atomic E-state index is 11.4. The zero-order chi connectivity index (χ0) is 15.1. The van der Waals surface area contributed by atoms with Crippen molar-refractivity contribution in [1.82, 2.24) is 5.32 Å². The summed E-state index contributed by atoms with van der Waals surface area (Å²) in [5, 5.41) is 3.10. The van der Waals surface area contributed by atoms with Gasteiger partial charge in [0.2, 0.25) is 5.91 Å². The van der Waals surface area contributed by atoms with E-state index < -0.39 is 6.04 Å². The predicted molar refractivity (Wildman–Crippen MR) is 82.0 cm³/mol. The zero-order valence-corrected chi connectivity index (χ0v) is 12.9. The van der Waals surface area contributed by atoms with E-state index in [0.717, 1.165) is 29.8 Å². The lowest BCUT2D eigenvalue weighted by Gasteiger charge is -2.19. The average molecular weight is 278 g/mol. The van der Waals surface area contributed by atoms with Crippen LogP contribution in [-0.4, -0.2) is 25.1 Å². The number of nitrogens with two attached hydrogens (primary N) is 1. The second-order valence-corrected chi connectivity index (χ2v) is 5.42. The van der Waals surface area contributed by atoms with E-state index in [4.69, 9.17) is 10.5 Å². The lowest BCUT2D eigenvalue weighted by molar-refractivity contribution is -0.120. The fraction of sp³-hybridized carbons (Fsp3) is 0.562. The number of carbonyl (C=O) groups excluding carboxylic acids is 1. The van der Waals surface area contributed by atoms with Gasteiger partial charge in [0.1, 0.15) is 18.4 Å². The molecule has 0 aromatic heterocycles. The molecular formula is C16H26N2O2. The normalized spacial score (nSPS) is 12.4. The summed E-state index contributed by atoms with van der Waals surface area (Å²) in [6.07, 6.45) is 0.950. The van der Waals surface area contributed by atoms with E-state index in [2.05, 4.69) is 31.3 Å². The highest BCUT2D eigenvalue weighted by Gasteiger charge is 2.16. The summed E-state index contributed by atoms with van der Waals surface area (Å²) in [7, 11) is 0. The number of ether oxygens (including phenoxy) is 1. The minimum absolute atomic E-state index is 0.262. The van der Waals surface area contributed by atoms with Crippen molar-refractivity contribution in [3.05, 3.63) is 29.3 Å². The number of aryl methyl sites for hydroxylation is 1. The van der Waals surface area contributed by atoms with E-state index in [1.165, 1.54) is 0 Å². The third-order valence-electron chi connectivity index (χ3n) is 3.18. The largest absolute Gasteiger partial charge is 0.491 e. The van der Waals surface area contributed by atoms with Gasteiger partial charge in [-0.2, -0.15) is 0 Å². The molecule has 0 radical (unpaired) electrons. The first-order valence-corrected chi connectivity index (χ1v) is 7.21. The Hall–Kier alpha value is -1.55. The molecule has 1 aromatic carbocycles. The first-order valence-electron chi connectivity index (χ1n) is 7.21. The second-order valence-electron chi connectivity index (χ2n) is 5.42. The van der Waals surface area contributed by atoms with Gasteiger partial charge in [0, 0.05) is 0 Å². The van der Waals surface area contributed by atoms with Crippen molar-refractivity contribution in [3.8, 4) is 5.75 Å². The summed E-state index contributed by atoms with van der Waals surface area (Å²) in [6, 6.07) is 5.71. The van der Waals surface area contributed by atoms with Gasteiger partial charge in [-0.3, -0.25) is 4.79 Å². The molecule has 0 aliphatic heterocycles. The summed E-state index contributed by atoms with van der Waals surface area (Å²) in [5.41, 5.74) is 7.68. The van der Waals surface area contributed by atoms with Crippen LogP contribution in [0.15, 0.2) is 18.2 Å². The molecule has 0 saturated carbocycles. The maximum Gasteiger partial charge on any atom is 0.238 e. The third kappa shape index (κ3) is 4.85. The van der Waals surface area contributed by atoms with Crippen LogP contribution in [0.2, 0.25) is 0 Å². The minimum Gasteiger partial charge on any atom is -0.491 e. The molecule has 0 bridgehead atoms. The van der Waals surface area contributed by atoms with Crippen molar-refractivity contribution in [2.75, 3.05) is 13.2 Å². The Balaban J connectivity index is 2.76. The van der Waals surface area contributed by atoms with E-state index in [-0.39, 0.29) is 12.5 Å². The number of hydrogen-bond acceptors (Lipinski definition) is 3. The monoisotopic (exact) mass is 278 g/mol. The van der Waals surface area contributed by atoms with Gasteiger partial charge in [-0.1, -0.05) is 32.9 Å². The van der Waals surface area contributed by atoms with E-state index in [1.807, 2.05) is 19.9 Å². The summed E-state index contributed by atoms with van der Waals surface area (Å²) < 4.78 is 5.84. The molecular weight excluding hydrogens is 252 g/mol. The molecule has 112 valence electrons. The Bertz CT molecular complexity index is 444. The Morgan fingerprint density at radius 2 is 2.10 bits per heavy atom. The molecule has 0 aliphatic carbocycles. The Morgan fingerprint density at radius 3 is 2.65 bits per heavy atom. The van der Waals surface area contributed by atoms with Gasteiger partial charge in [0.05, 0.1) is 0 Å². The first-order chi connectivity index (χ1) is 9.45. The van der Waals surface area contributed by atoms with Crippen LogP contribution >= 0.6 is 0 Å². The minimum atomic E-state index is -0.449. The van der Waals surface area contributed by atoms with E-state index in [1.54, 1.807) is 0 Å². The Morgan fingerprint density at radius 1 is 1.40 bits per heavy atom. The van der Waals surface area contributed by atoms with Gasteiger partial charge in [-0.15, -0.1) is 0 Å². The molecule has 4 heteroatoms.